The SMILES string of the molecule is Cc1ccc(C)n1NS(=O)(=O)CCCCCl. The Morgan fingerprint density at radius 2 is 1.81 bits per heavy atom. The van der Waals surface area contributed by atoms with Crippen molar-refractivity contribution in [1.29, 1.82) is 0 Å². The molecule has 0 aromatic carbocycles. The third kappa shape index (κ3) is 3.72. The Balaban J connectivity index is 2.66. The summed E-state index contributed by atoms with van der Waals surface area (Å²) in [5.41, 5.74) is 1.75. The van der Waals surface area contributed by atoms with Gasteiger partial charge in [-0.1, -0.05) is 0 Å². The van der Waals surface area contributed by atoms with Crippen LogP contribution in [0.3, 0.4) is 0 Å². The van der Waals surface area contributed by atoms with Crippen LogP contribution in [0.1, 0.15) is 24.2 Å². The number of sulfonamides is 1. The van der Waals surface area contributed by atoms with Gasteiger partial charge in [0.05, 0.1) is 5.75 Å². The van der Waals surface area contributed by atoms with Gasteiger partial charge in [-0.25, -0.2) is 13.2 Å². The predicted octanol–water partition coefficient (Wildman–Crippen LogP) is 2.00. The monoisotopic (exact) mass is 264 g/mol. The van der Waals surface area contributed by atoms with Crippen molar-refractivity contribution < 1.29 is 8.42 Å². The third-order valence-electron chi connectivity index (χ3n) is 2.30. The minimum Gasteiger partial charge on any atom is -0.256 e. The summed E-state index contributed by atoms with van der Waals surface area (Å²) < 4.78 is 25.0. The molecule has 1 aromatic rings. The molecule has 1 rings (SSSR count). The van der Waals surface area contributed by atoms with Crippen LogP contribution in [0.25, 0.3) is 0 Å². The second-order valence-corrected chi connectivity index (χ2v) is 5.96. The highest BCUT2D eigenvalue weighted by molar-refractivity contribution is 7.92. The number of alkyl halides is 1. The van der Waals surface area contributed by atoms with E-state index in [0.717, 1.165) is 11.4 Å². The molecule has 16 heavy (non-hydrogen) atoms. The van der Waals surface area contributed by atoms with Gasteiger partial charge in [-0.3, -0.25) is 4.68 Å². The second kappa shape index (κ2) is 5.59. The van der Waals surface area contributed by atoms with Crippen molar-refractivity contribution in [2.24, 2.45) is 0 Å². The molecule has 1 aromatic heterocycles. The van der Waals surface area contributed by atoms with Gasteiger partial charge in [0.1, 0.15) is 0 Å². The summed E-state index contributed by atoms with van der Waals surface area (Å²) in [6, 6.07) is 3.74. The summed E-state index contributed by atoms with van der Waals surface area (Å²) in [5.74, 6) is 0.605. The number of hydrogen-bond donors (Lipinski definition) is 1. The van der Waals surface area contributed by atoms with Crippen molar-refractivity contribution in [1.82, 2.24) is 4.68 Å². The van der Waals surface area contributed by atoms with Crippen LogP contribution < -0.4 is 4.83 Å². The van der Waals surface area contributed by atoms with Gasteiger partial charge in [-0.05, 0) is 38.8 Å². The first-order chi connectivity index (χ1) is 7.46. The fourth-order valence-electron chi connectivity index (χ4n) is 1.38. The number of unbranched alkanes of at least 4 members (excludes halogenated alkanes) is 1. The van der Waals surface area contributed by atoms with Crippen LogP contribution in [-0.4, -0.2) is 24.7 Å². The van der Waals surface area contributed by atoms with Crippen LogP contribution in [0.15, 0.2) is 12.1 Å². The first kappa shape index (κ1) is 13.4. The van der Waals surface area contributed by atoms with Crippen molar-refractivity contribution in [2.45, 2.75) is 26.7 Å². The van der Waals surface area contributed by atoms with E-state index < -0.39 is 10.0 Å². The molecule has 1 heterocycles. The normalized spacial score (nSPS) is 11.7. The zero-order valence-corrected chi connectivity index (χ0v) is 11.1. The van der Waals surface area contributed by atoms with E-state index in [4.69, 9.17) is 11.6 Å². The molecule has 1 N–H and O–H groups in total. The third-order valence-corrected chi connectivity index (χ3v) is 3.85. The summed E-state index contributed by atoms with van der Waals surface area (Å²) in [6.07, 6.45) is 1.30. The molecule has 0 aliphatic heterocycles. The van der Waals surface area contributed by atoms with E-state index in [2.05, 4.69) is 4.83 Å². The van der Waals surface area contributed by atoms with Gasteiger partial charge in [0.25, 0.3) is 0 Å². The minimum absolute atomic E-state index is 0.108. The van der Waals surface area contributed by atoms with Gasteiger partial charge in [0.2, 0.25) is 10.0 Å². The second-order valence-electron chi connectivity index (χ2n) is 3.76. The molecule has 0 spiro atoms. The van der Waals surface area contributed by atoms with Crippen molar-refractivity contribution >= 4 is 21.6 Å². The summed E-state index contributed by atoms with van der Waals surface area (Å²) in [4.78, 5) is 2.54. The van der Waals surface area contributed by atoms with Gasteiger partial charge in [0.15, 0.2) is 0 Å². The average molecular weight is 265 g/mol. The van der Waals surface area contributed by atoms with E-state index in [1.54, 1.807) is 4.68 Å². The average Bonchev–Trinajstić information content (AvgIpc) is 2.49. The fourth-order valence-corrected chi connectivity index (χ4v) is 2.81. The highest BCUT2D eigenvalue weighted by Crippen LogP contribution is 2.06. The van der Waals surface area contributed by atoms with Gasteiger partial charge in [-0.2, -0.15) is 0 Å². The molecule has 92 valence electrons. The van der Waals surface area contributed by atoms with E-state index in [1.807, 2.05) is 26.0 Å². The number of rotatable bonds is 6. The molecule has 0 saturated carbocycles. The number of hydrogen-bond acceptors (Lipinski definition) is 2. The molecule has 0 saturated heterocycles. The standard InChI is InChI=1S/C10H17ClN2O2S/c1-9-5-6-10(2)13(9)12-16(14,15)8-4-3-7-11/h5-6,12H,3-4,7-8H2,1-2H3. The highest BCUT2D eigenvalue weighted by atomic mass is 35.5. The summed E-state index contributed by atoms with van der Waals surface area (Å²) >= 11 is 5.50. The van der Waals surface area contributed by atoms with Gasteiger partial charge >= 0.3 is 0 Å². The van der Waals surface area contributed by atoms with E-state index in [0.29, 0.717) is 18.7 Å². The number of nitrogens with one attached hydrogen (secondary N) is 1. The first-order valence-electron chi connectivity index (χ1n) is 5.17. The first-order valence-corrected chi connectivity index (χ1v) is 7.36. The van der Waals surface area contributed by atoms with Gasteiger partial charge in [-0.15, -0.1) is 11.6 Å². The lowest BCUT2D eigenvalue weighted by molar-refractivity contribution is 0.591. The van der Waals surface area contributed by atoms with Crippen molar-refractivity contribution in [3.05, 3.63) is 23.5 Å². The summed E-state index contributed by atoms with van der Waals surface area (Å²) in [6.45, 7) is 3.71. The Bertz CT molecular complexity index is 420. The van der Waals surface area contributed by atoms with E-state index in [-0.39, 0.29) is 5.75 Å². The van der Waals surface area contributed by atoms with Crippen LogP contribution in [-0.2, 0) is 10.0 Å². The number of halogens is 1. The summed E-state index contributed by atoms with van der Waals surface area (Å²) in [7, 11) is -3.27. The Morgan fingerprint density at radius 3 is 2.31 bits per heavy atom. The Morgan fingerprint density at radius 1 is 1.25 bits per heavy atom. The Hall–Kier alpha value is -0.680. The van der Waals surface area contributed by atoms with Crippen LogP contribution in [0.2, 0.25) is 0 Å². The molecule has 0 radical (unpaired) electrons. The van der Waals surface area contributed by atoms with E-state index in [9.17, 15) is 8.42 Å². The van der Waals surface area contributed by atoms with Gasteiger partial charge < -0.3 is 0 Å². The van der Waals surface area contributed by atoms with Crippen LogP contribution in [0.4, 0.5) is 0 Å². The lowest BCUT2D eigenvalue weighted by atomic mass is 10.4. The molecule has 0 amide bonds. The quantitative estimate of drug-likeness (QED) is 0.631. The van der Waals surface area contributed by atoms with Crippen molar-refractivity contribution in [3.8, 4) is 0 Å². The van der Waals surface area contributed by atoms with Crippen LogP contribution >= 0.6 is 11.6 Å². The zero-order valence-electron chi connectivity index (χ0n) is 9.53. The number of aromatic nitrogens is 1. The molecular weight excluding hydrogens is 248 g/mol. The maximum absolute atomic E-state index is 11.7. The molecule has 6 heteroatoms. The Kier molecular flexibility index (Phi) is 4.68. The predicted molar refractivity (Wildman–Crippen MR) is 67.0 cm³/mol. The maximum atomic E-state index is 11.7. The smallest absolute Gasteiger partial charge is 0.246 e. The molecule has 0 fully saturated rings. The van der Waals surface area contributed by atoms with Crippen molar-refractivity contribution in [3.63, 3.8) is 0 Å². The zero-order chi connectivity index (χ0) is 12.2. The molecule has 0 bridgehead atoms. The summed E-state index contributed by atoms with van der Waals surface area (Å²) in [5, 5.41) is 0. The minimum atomic E-state index is -3.27. The topological polar surface area (TPSA) is 51.1 Å². The van der Waals surface area contributed by atoms with Crippen LogP contribution in [0.5, 0.6) is 0 Å². The lowest BCUT2D eigenvalue weighted by Gasteiger charge is -2.12. The van der Waals surface area contributed by atoms with E-state index in [1.165, 1.54) is 0 Å². The lowest BCUT2D eigenvalue weighted by Crippen LogP contribution is -2.27. The Labute approximate surface area is 102 Å². The fraction of sp³-hybridized carbons (Fsp3) is 0.600. The van der Waals surface area contributed by atoms with Crippen molar-refractivity contribution in [2.75, 3.05) is 16.5 Å². The molecule has 0 aliphatic rings. The molecular formula is C10H17ClN2O2S. The molecule has 0 unspecified atom stereocenters. The van der Waals surface area contributed by atoms with E-state index >= 15 is 0 Å². The van der Waals surface area contributed by atoms with Crippen LogP contribution in [0, 0.1) is 13.8 Å². The number of nitrogens with zero attached hydrogens (tertiary/aromatic N) is 1. The maximum Gasteiger partial charge on any atom is 0.246 e. The highest BCUT2D eigenvalue weighted by Gasteiger charge is 2.11. The van der Waals surface area contributed by atoms with Gasteiger partial charge in [0, 0.05) is 17.3 Å². The largest absolute Gasteiger partial charge is 0.256 e. The number of aryl methyl sites for hydroxylation is 2. The molecule has 0 aliphatic carbocycles. The molecule has 0 atom stereocenters. The molecule has 4 nitrogen and oxygen atoms in total.